The Balaban J connectivity index is 1.89. The molecule has 1 fully saturated rings. The highest BCUT2D eigenvalue weighted by Crippen LogP contribution is 2.23. The summed E-state index contributed by atoms with van der Waals surface area (Å²) >= 11 is 1.54. The molecule has 7 heteroatoms. The van der Waals surface area contributed by atoms with Crippen molar-refractivity contribution in [2.24, 2.45) is 0 Å². The first-order chi connectivity index (χ1) is 10.2. The maximum Gasteiger partial charge on any atom is 0.267 e. The lowest BCUT2D eigenvalue weighted by atomic mass is 9.99. The molecule has 1 unspecified atom stereocenters. The molecule has 0 saturated carbocycles. The smallest absolute Gasteiger partial charge is 0.267 e. The van der Waals surface area contributed by atoms with Crippen molar-refractivity contribution < 1.29 is 9.90 Å². The second kappa shape index (κ2) is 6.19. The van der Waals surface area contributed by atoms with Crippen molar-refractivity contribution in [3.8, 4) is 0 Å². The van der Waals surface area contributed by atoms with Gasteiger partial charge in [-0.15, -0.1) is 0 Å². The molecular weight excluding hydrogens is 290 g/mol. The van der Waals surface area contributed by atoms with Gasteiger partial charge in [0.2, 0.25) is 0 Å². The fraction of sp³-hybridized carbons (Fsp3) is 0.643. The van der Waals surface area contributed by atoms with E-state index in [1.807, 2.05) is 0 Å². The molecule has 21 heavy (non-hydrogen) atoms. The van der Waals surface area contributed by atoms with Crippen LogP contribution in [0, 0.1) is 0 Å². The van der Waals surface area contributed by atoms with Gasteiger partial charge in [0.15, 0.2) is 5.16 Å². The SMILES string of the molecule is O=C(c1cnc2n(c1=O)CCS2)N1CCCCC1CCO. The summed E-state index contributed by atoms with van der Waals surface area (Å²) in [6.07, 6.45) is 4.89. The summed E-state index contributed by atoms with van der Waals surface area (Å²) in [5.74, 6) is 0.592. The highest BCUT2D eigenvalue weighted by molar-refractivity contribution is 7.99. The quantitative estimate of drug-likeness (QED) is 0.833. The molecule has 114 valence electrons. The maximum absolute atomic E-state index is 12.7. The fourth-order valence-electron chi connectivity index (χ4n) is 3.04. The highest BCUT2D eigenvalue weighted by Gasteiger charge is 2.30. The number of fused-ring (bicyclic) bond motifs is 1. The summed E-state index contributed by atoms with van der Waals surface area (Å²) < 4.78 is 1.59. The summed E-state index contributed by atoms with van der Waals surface area (Å²) in [6.45, 7) is 1.33. The van der Waals surface area contributed by atoms with Gasteiger partial charge in [0.25, 0.3) is 11.5 Å². The van der Waals surface area contributed by atoms with Crippen molar-refractivity contribution in [2.45, 2.75) is 43.4 Å². The number of aliphatic hydroxyl groups excluding tert-OH is 1. The van der Waals surface area contributed by atoms with Crippen LogP contribution >= 0.6 is 11.8 Å². The highest BCUT2D eigenvalue weighted by atomic mass is 32.2. The van der Waals surface area contributed by atoms with Crippen LogP contribution < -0.4 is 5.56 Å². The number of aliphatic hydroxyl groups is 1. The monoisotopic (exact) mass is 309 g/mol. The molecule has 0 aromatic carbocycles. The van der Waals surface area contributed by atoms with E-state index in [-0.39, 0.29) is 29.7 Å². The van der Waals surface area contributed by atoms with Crippen molar-refractivity contribution in [3.63, 3.8) is 0 Å². The normalized spacial score (nSPS) is 21.4. The van der Waals surface area contributed by atoms with Crippen LogP contribution in [0.4, 0.5) is 0 Å². The van der Waals surface area contributed by atoms with E-state index < -0.39 is 0 Å². The molecule has 1 saturated heterocycles. The van der Waals surface area contributed by atoms with Crippen molar-refractivity contribution in [1.29, 1.82) is 0 Å². The average Bonchev–Trinajstić information content (AvgIpc) is 2.97. The van der Waals surface area contributed by atoms with Crippen molar-refractivity contribution in [1.82, 2.24) is 14.5 Å². The number of carbonyl (C=O) groups excluding carboxylic acids is 1. The van der Waals surface area contributed by atoms with Gasteiger partial charge in [0.05, 0.1) is 0 Å². The van der Waals surface area contributed by atoms with Crippen LogP contribution in [0.15, 0.2) is 16.1 Å². The summed E-state index contributed by atoms with van der Waals surface area (Å²) in [7, 11) is 0. The zero-order valence-corrected chi connectivity index (χ0v) is 12.6. The van der Waals surface area contributed by atoms with Gasteiger partial charge in [0.1, 0.15) is 5.56 Å². The van der Waals surface area contributed by atoms with Crippen LogP contribution in [0.2, 0.25) is 0 Å². The van der Waals surface area contributed by atoms with Crippen LogP contribution in [-0.4, -0.2) is 50.4 Å². The lowest BCUT2D eigenvalue weighted by Gasteiger charge is -2.35. The average molecular weight is 309 g/mol. The van der Waals surface area contributed by atoms with Crippen LogP contribution in [0.5, 0.6) is 0 Å². The maximum atomic E-state index is 12.7. The third kappa shape index (κ3) is 2.72. The number of piperidine rings is 1. The number of carbonyl (C=O) groups is 1. The molecule has 1 aromatic rings. The zero-order chi connectivity index (χ0) is 14.8. The van der Waals surface area contributed by atoms with E-state index in [1.165, 1.54) is 6.20 Å². The number of hydrogen-bond acceptors (Lipinski definition) is 5. The van der Waals surface area contributed by atoms with E-state index in [0.29, 0.717) is 24.7 Å². The van der Waals surface area contributed by atoms with Crippen LogP contribution in [0.3, 0.4) is 0 Å². The predicted octanol–water partition coefficient (Wildman–Crippen LogP) is 0.726. The van der Waals surface area contributed by atoms with Gasteiger partial charge in [-0.25, -0.2) is 4.98 Å². The predicted molar refractivity (Wildman–Crippen MR) is 79.6 cm³/mol. The topological polar surface area (TPSA) is 75.4 Å². The van der Waals surface area contributed by atoms with Crippen molar-refractivity contribution >= 4 is 17.7 Å². The van der Waals surface area contributed by atoms with Crippen LogP contribution in [0.1, 0.15) is 36.0 Å². The Bertz CT molecular complexity index is 600. The zero-order valence-electron chi connectivity index (χ0n) is 11.8. The molecule has 1 aromatic heterocycles. The minimum Gasteiger partial charge on any atom is -0.396 e. The minimum atomic E-state index is -0.238. The number of rotatable bonds is 3. The van der Waals surface area contributed by atoms with E-state index in [9.17, 15) is 9.59 Å². The fourth-order valence-corrected chi connectivity index (χ4v) is 3.95. The molecule has 0 radical (unpaired) electrons. The number of hydrogen-bond donors (Lipinski definition) is 1. The summed E-state index contributed by atoms with van der Waals surface area (Å²) in [4.78, 5) is 31.1. The Morgan fingerprint density at radius 2 is 2.29 bits per heavy atom. The Morgan fingerprint density at radius 3 is 3.10 bits per heavy atom. The number of nitrogens with zero attached hydrogens (tertiary/aromatic N) is 3. The summed E-state index contributed by atoms with van der Waals surface area (Å²) in [5.41, 5.74) is -0.0746. The van der Waals surface area contributed by atoms with E-state index in [4.69, 9.17) is 5.11 Å². The Hall–Kier alpha value is -1.34. The Kier molecular flexibility index (Phi) is 4.30. The molecule has 0 aliphatic carbocycles. The lowest BCUT2D eigenvalue weighted by Crippen LogP contribution is -2.46. The van der Waals surface area contributed by atoms with Gasteiger partial charge in [-0.1, -0.05) is 11.8 Å². The molecule has 3 heterocycles. The van der Waals surface area contributed by atoms with Crippen LogP contribution in [-0.2, 0) is 6.54 Å². The van der Waals surface area contributed by atoms with Crippen LogP contribution in [0.25, 0.3) is 0 Å². The second-order valence-electron chi connectivity index (χ2n) is 5.42. The number of thioether (sulfide) groups is 1. The van der Waals surface area contributed by atoms with Gasteiger partial charge in [-0.3, -0.25) is 14.2 Å². The molecule has 3 rings (SSSR count). The molecule has 0 spiro atoms. The number of aromatic nitrogens is 2. The van der Waals surface area contributed by atoms with Crippen molar-refractivity contribution in [2.75, 3.05) is 18.9 Å². The first-order valence-corrected chi connectivity index (χ1v) is 8.35. The first kappa shape index (κ1) is 14.6. The summed E-state index contributed by atoms with van der Waals surface area (Å²) in [5, 5.41) is 9.85. The van der Waals surface area contributed by atoms with E-state index in [0.717, 1.165) is 25.0 Å². The van der Waals surface area contributed by atoms with Crippen molar-refractivity contribution in [3.05, 3.63) is 22.1 Å². The third-order valence-electron chi connectivity index (χ3n) is 4.14. The van der Waals surface area contributed by atoms with Gasteiger partial charge in [-0.2, -0.15) is 0 Å². The molecular formula is C14H19N3O3S. The van der Waals surface area contributed by atoms with Gasteiger partial charge in [0, 0.05) is 37.7 Å². The summed E-state index contributed by atoms with van der Waals surface area (Å²) in [6, 6.07) is 0.0308. The Labute approximate surface area is 127 Å². The van der Waals surface area contributed by atoms with E-state index in [1.54, 1.807) is 21.2 Å². The molecule has 2 aliphatic rings. The largest absolute Gasteiger partial charge is 0.396 e. The lowest BCUT2D eigenvalue weighted by molar-refractivity contribution is 0.0571. The molecule has 0 bridgehead atoms. The molecule has 1 amide bonds. The van der Waals surface area contributed by atoms with Gasteiger partial charge >= 0.3 is 0 Å². The standard InChI is InChI=1S/C14H19N3O3S/c18-7-4-10-3-1-2-5-16(10)12(19)11-9-15-14-17(13(11)20)6-8-21-14/h9-10,18H,1-8H2. The van der Waals surface area contributed by atoms with E-state index >= 15 is 0 Å². The molecule has 1 atom stereocenters. The third-order valence-corrected chi connectivity index (χ3v) is 5.11. The minimum absolute atomic E-state index is 0.0308. The number of amides is 1. The number of likely N-dealkylation sites (tertiary alicyclic amines) is 1. The second-order valence-corrected chi connectivity index (χ2v) is 6.48. The van der Waals surface area contributed by atoms with Gasteiger partial charge in [-0.05, 0) is 25.7 Å². The molecule has 6 nitrogen and oxygen atoms in total. The molecule has 2 aliphatic heterocycles. The first-order valence-electron chi connectivity index (χ1n) is 7.37. The van der Waals surface area contributed by atoms with E-state index in [2.05, 4.69) is 4.98 Å². The van der Waals surface area contributed by atoms with Gasteiger partial charge < -0.3 is 10.0 Å². The molecule has 1 N–H and O–H groups in total. The Morgan fingerprint density at radius 1 is 1.43 bits per heavy atom.